The molecular formula is C23H44O5SSi. The van der Waals surface area contributed by atoms with Gasteiger partial charge in [0, 0.05) is 25.9 Å². The summed E-state index contributed by atoms with van der Waals surface area (Å²) in [4.78, 5) is 12.5. The third kappa shape index (κ3) is 12.9. The average molecular weight is 461 g/mol. The van der Waals surface area contributed by atoms with Gasteiger partial charge >= 0.3 is 14.8 Å². The van der Waals surface area contributed by atoms with Crippen molar-refractivity contribution in [3.63, 3.8) is 0 Å². The Kier molecular flexibility index (Phi) is 15.8. The zero-order valence-corrected chi connectivity index (χ0v) is 22.3. The van der Waals surface area contributed by atoms with Gasteiger partial charge in [0.05, 0.1) is 0 Å². The third-order valence-electron chi connectivity index (χ3n) is 4.41. The van der Waals surface area contributed by atoms with Crippen molar-refractivity contribution in [2.75, 3.05) is 32.2 Å². The number of rotatable bonds is 17. The fourth-order valence-electron chi connectivity index (χ4n) is 2.80. The molecular weight excluding hydrogens is 416 g/mol. The van der Waals surface area contributed by atoms with E-state index in [1.165, 1.54) is 11.1 Å². The second-order valence-corrected chi connectivity index (χ2v) is 12.4. The quantitative estimate of drug-likeness (QED) is 0.112. The van der Waals surface area contributed by atoms with Gasteiger partial charge in [0.25, 0.3) is 0 Å². The molecule has 0 aliphatic carbocycles. The Morgan fingerprint density at radius 1 is 0.967 bits per heavy atom. The molecule has 0 heterocycles. The van der Waals surface area contributed by atoms with Crippen LogP contribution in [-0.2, 0) is 22.8 Å². The minimum absolute atomic E-state index is 0.177. The van der Waals surface area contributed by atoms with Crippen molar-refractivity contribution >= 4 is 26.5 Å². The van der Waals surface area contributed by atoms with E-state index in [2.05, 4.69) is 26.8 Å². The molecule has 0 amide bonds. The van der Waals surface area contributed by atoms with Crippen LogP contribution in [0.2, 0.25) is 6.04 Å². The Hall–Kier alpha value is -0.603. The highest BCUT2D eigenvalue weighted by molar-refractivity contribution is 8.01. The molecule has 176 valence electrons. The van der Waals surface area contributed by atoms with Gasteiger partial charge in [-0.25, -0.2) is 0 Å². The van der Waals surface area contributed by atoms with Crippen LogP contribution in [0.1, 0.15) is 74.7 Å². The number of carbonyl (C=O) groups is 1. The Bertz CT molecular complexity index is 525. The minimum Gasteiger partial charge on any atom is -0.460 e. The first-order valence-electron chi connectivity index (χ1n) is 11.1. The standard InChI is InChI=1S/C23H44O5SSi/c1-9-26-30(27-10-2,28-11-3)19-13-18-29-23(7,8)22(24)25-17-16-21(6)15-12-14-20(4)5/h14,16H,9-13,15,17-19H2,1-8H3. The van der Waals surface area contributed by atoms with E-state index in [4.69, 9.17) is 18.0 Å². The summed E-state index contributed by atoms with van der Waals surface area (Å²) in [7, 11) is -2.61. The summed E-state index contributed by atoms with van der Waals surface area (Å²) in [5.74, 6) is 0.644. The van der Waals surface area contributed by atoms with Crippen LogP contribution in [0.25, 0.3) is 0 Å². The molecule has 0 saturated carbocycles. The van der Waals surface area contributed by atoms with E-state index in [0.29, 0.717) is 26.4 Å². The Labute approximate surface area is 190 Å². The molecule has 0 rings (SSSR count). The normalized spacial score (nSPS) is 12.7. The van der Waals surface area contributed by atoms with Crippen LogP contribution in [0, 0.1) is 0 Å². The van der Waals surface area contributed by atoms with Crippen LogP contribution in [0.3, 0.4) is 0 Å². The van der Waals surface area contributed by atoms with Crippen LogP contribution in [0.15, 0.2) is 23.3 Å². The first kappa shape index (κ1) is 29.4. The molecule has 5 nitrogen and oxygen atoms in total. The lowest BCUT2D eigenvalue weighted by molar-refractivity contribution is -0.144. The van der Waals surface area contributed by atoms with Crippen molar-refractivity contribution in [2.24, 2.45) is 0 Å². The fraction of sp³-hybridized carbons (Fsp3) is 0.783. The summed E-state index contributed by atoms with van der Waals surface area (Å²) in [5, 5.41) is 0. The van der Waals surface area contributed by atoms with Crippen molar-refractivity contribution in [1.82, 2.24) is 0 Å². The van der Waals surface area contributed by atoms with E-state index in [9.17, 15) is 4.79 Å². The molecule has 0 spiro atoms. The molecule has 0 N–H and O–H groups in total. The molecule has 0 radical (unpaired) electrons. The van der Waals surface area contributed by atoms with E-state index in [0.717, 1.165) is 31.1 Å². The summed E-state index contributed by atoms with van der Waals surface area (Å²) < 4.78 is 22.6. The maximum Gasteiger partial charge on any atom is 0.500 e. The van der Waals surface area contributed by atoms with Crippen molar-refractivity contribution in [1.29, 1.82) is 0 Å². The highest BCUT2D eigenvalue weighted by Crippen LogP contribution is 2.29. The zero-order chi connectivity index (χ0) is 23.0. The van der Waals surface area contributed by atoms with Gasteiger partial charge in [0.1, 0.15) is 11.4 Å². The average Bonchev–Trinajstić information content (AvgIpc) is 2.65. The van der Waals surface area contributed by atoms with Gasteiger partial charge in [0.2, 0.25) is 0 Å². The number of hydrogen-bond acceptors (Lipinski definition) is 6. The molecule has 0 bridgehead atoms. The van der Waals surface area contributed by atoms with E-state index in [-0.39, 0.29) is 5.97 Å². The largest absolute Gasteiger partial charge is 0.500 e. The Morgan fingerprint density at radius 2 is 1.53 bits per heavy atom. The SMILES string of the molecule is CCO[Si](CCCSC(C)(C)C(=O)OCC=C(C)CCC=C(C)C)(OCC)OCC. The van der Waals surface area contributed by atoms with Crippen molar-refractivity contribution in [3.8, 4) is 0 Å². The minimum atomic E-state index is -2.61. The molecule has 0 aliphatic rings. The zero-order valence-electron chi connectivity index (χ0n) is 20.5. The van der Waals surface area contributed by atoms with Gasteiger partial charge in [-0.2, -0.15) is 0 Å². The number of allylic oxidation sites excluding steroid dienone is 3. The molecule has 0 saturated heterocycles. The highest BCUT2D eigenvalue weighted by Gasteiger charge is 2.40. The van der Waals surface area contributed by atoms with Crippen molar-refractivity contribution < 1.29 is 22.8 Å². The number of carbonyl (C=O) groups excluding carboxylic acids is 1. The monoisotopic (exact) mass is 460 g/mol. The predicted molar refractivity (Wildman–Crippen MR) is 130 cm³/mol. The molecule has 0 aliphatic heterocycles. The lowest BCUT2D eigenvalue weighted by Crippen LogP contribution is -2.46. The molecule has 0 aromatic heterocycles. The summed E-state index contributed by atoms with van der Waals surface area (Å²) in [6.07, 6.45) is 7.12. The van der Waals surface area contributed by atoms with Gasteiger partial charge in [-0.05, 0) is 86.5 Å². The predicted octanol–water partition coefficient (Wildman–Crippen LogP) is 6.17. The molecule has 0 aromatic rings. The van der Waals surface area contributed by atoms with Gasteiger partial charge in [-0.1, -0.05) is 17.2 Å². The first-order valence-corrected chi connectivity index (χ1v) is 14.1. The first-order chi connectivity index (χ1) is 14.1. The molecule has 0 atom stereocenters. The van der Waals surface area contributed by atoms with Crippen LogP contribution >= 0.6 is 11.8 Å². The van der Waals surface area contributed by atoms with Crippen LogP contribution < -0.4 is 0 Å². The number of ether oxygens (including phenoxy) is 1. The molecule has 0 unspecified atom stereocenters. The summed E-state index contributed by atoms with van der Waals surface area (Å²) >= 11 is 1.61. The van der Waals surface area contributed by atoms with Gasteiger partial charge < -0.3 is 18.0 Å². The second-order valence-electron chi connectivity index (χ2n) is 7.91. The van der Waals surface area contributed by atoms with Crippen LogP contribution in [0.4, 0.5) is 0 Å². The van der Waals surface area contributed by atoms with Gasteiger partial charge in [0.15, 0.2) is 0 Å². The number of esters is 1. The lowest BCUT2D eigenvalue weighted by atomic mass is 10.1. The number of thioether (sulfide) groups is 1. The highest BCUT2D eigenvalue weighted by atomic mass is 32.2. The van der Waals surface area contributed by atoms with Crippen LogP contribution in [0.5, 0.6) is 0 Å². The molecule has 7 heteroatoms. The Balaban J connectivity index is 4.45. The molecule has 0 aromatic carbocycles. The van der Waals surface area contributed by atoms with Crippen molar-refractivity contribution in [2.45, 2.75) is 85.4 Å². The summed E-state index contributed by atoms with van der Waals surface area (Å²) in [6, 6.07) is 0.758. The summed E-state index contributed by atoms with van der Waals surface area (Å²) in [5.41, 5.74) is 2.58. The van der Waals surface area contributed by atoms with Crippen molar-refractivity contribution in [3.05, 3.63) is 23.3 Å². The molecule has 0 fully saturated rings. The maximum absolute atomic E-state index is 12.5. The van der Waals surface area contributed by atoms with E-state index < -0.39 is 13.6 Å². The summed E-state index contributed by atoms with van der Waals surface area (Å²) in [6.45, 7) is 18.1. The fourth-order valence-corrected chi connectivity index (χ4v) is 6.64. The number of hydrogen-bond donors (Lipinski definition) is 0. The van der Waals surface area contributed by atoms with E-state index in [1.807, 2.05) is 40.7 Å². The second kappa shape index (κ2) is 16.1. The van der Waals surface area contributed by atoms with E-state index >= 15 is 0 Å². The Morgan fingerprint density at radius 3 is 2.03 bits per heavy atom. The smallest absolute Gasteiger partial charge is 0.460 e. The topological polar surface area (TPSA) is 54.0 Å². The third-order valence-corrected chi connectivity index (χ3v) is 8.94. The maximum atomic E-state index is 12.5. The van der Waals surface area contributed by atoms with Gasteiger partial charge in [-0.15, -0.1) is 11.8 Å². The lowest BCUT2D eigenvalue weighted by Gasteiger charge is -2.29. The van der Waals surface area contributed by atoms with Gasteiger partial charge in [-0.3, -0.25) is 4.79 Å². The molecule has 30 heavy (non-hydrogen) atoms. The van der Waals surface area contributed by atoms with E-state index in [1.54, 1.807) is 11.8 Å². The van der Waals surface area contributed by atoms with Crippen LogP contribution in [-0.4, -0.2) is 51.7 Å².